The first kappa shape index (κ1) is 14.8. The van der Waals surface area contributed by atoms with Gasteiger partial charge >= 0.3 is 0 Å². The summed E-state index contributed by atoms with van der Waals surface area (Å²) in [5.74, 6) is 1.41. The highest BCUT2D eigenvalue weighted by molar-refractivity contribution is 5.85. The Bertz CT molecular complexity index is 234. The van der Waals surface area contributed by atoms with Gasteiger partial charge in [-0.2, -0.15) is 0 Å². The highest BCUT2D eigenvalue weighted by Crippen LogP contribution is 2.26. The van der Waals surface area contributed by atoms with Gasteiger partial charge in [-0.05, 0) is 44.6 Å². The van der Waals surface area contributed by atoms with Gasteiger partial charge in [0.25, 0.3) is 0 Å². The zero-order valence-electron chi connectivity index (χ0n) is 10.7. The number of hydrogen-bond acceptors (Lipinski definition) is 2. The molecule has 4 heteroatoms. The first-order chi connectivity index (χ1) is 7.79. The molecule has 0 bridgehead atoms. The van der Waals surface area contributed by atoms with E-state index in [9.17, 15) is 4.79 Å². The van der Waals surface area contributed by atoms with E-state index in [1.807, 2.05) is 0 Å². The lowest BCUT2D eigenvalue weighted by molar-refractivity contribution is -0.125. The molecule has 3 nitrogen and oxygen atoms in total. The van der Waals surface area contributed by atoms with E-state index < -0.39 is 0 Å². The molecular weight excluding hydrogens is 236 g/mol. The van der Waals surface area contributed by atoms with Crippen molar-refractivity contribution in [2.75, 3.05) is 13.1 Å². The van der Waals surface area contributed by atoms with Crippen LogP contribution in [0.5, 0.6) is 0 Å². The number of hydrogen-bond donors (Lipinski definition) is 2. The molecule has 1 amide bonds. The van der Waals surface area contributed by atoms with E-state index in [0.717, 1.165) is 25.4 Å². The molecule has 1 aliphatic heterocycles. The molecule has 1 heterocycles. The molecule has 2 N–H and O–H groups in total. The Morgan fingerprint density at radius 3 is 2.47 bits per heavy atom. The van der Waals surface area contributed by atoms with E-state index in [4.69, 9.17) is 0 Å². The molecule has 1 saturated heterocycles. The normalized spacial score (nSPS) is 32.9. The van der Waals surface area contributed by atoms with E-state index in [0.29, 0.717) is 6.04 Å². The second-order valence-corrected chi connectivity index (χ2v) is 5.32. The summed E-state index contributed by atoms with van der Waals surface area (Å²) in [6, 6.07) is 0.455. The summed E-state index contributed by atoms with van der Waals surface area (Å²) in [6.07, 6.45) is 7.27. The largest absolute Gasteiger partial charge is 0.353 e. The zero-order chi connectivity index (χ0) is 11.4. The molecule has 0 aromatic rings. The van der Waals surface area contributed by atoms with Crippen molar-refractivity contribution < 1.29 is 4.79 Å². The molecule has 17 heavy (non-hydrogen) atoms. The van der Waals surface area contributed by atoms with Crippen LogP contribution in [0.2, 0.25) is 0 Å². The van der Waals surface area contributed by atoms with Gasteiger partial charge in [0.15, 0.2) is 0 Å². The molecule has 0 radical (unpaired) electrons. The van der Waals surface area contributed by atoms with Crippen molar-refractivity contribution in [2.24, 2.45) is 11.8 Å². The number of carbonyl (C=O) groups excluding carboxylic acids is 1. The molecular formula is C13H25ClN2O. The SMILES string of the molecule is CCC1CCC(NC(=O)C2CCNC2)CC1.Cl. The number of carbonyl (C=O) groups is 1. The number of amides is 1. The van der Waals surface area contributed by atoms with Crippen molar-refractivity contribution in [3.05, 3.63) is 0 Å². The summed E-state index contributed by atoms with van der Waals surface area (Å²) in [6.45, 7) is 4.14. The van der Waals surface area contributed by atoms with Crippen LogP contribution in [0.15, 0.2) is 0 Å². The van der Waals surface area contributed by atoms with E-state index in [-0.39, 0.29) is 24.2 Å². The van der Waals surface area contributed by atoms with Gasteiger partial charge in [0, 0.05) is 12.6 Å². The minimum absolute atomic E-state index is 0. The van der Waals surface area contributed by atoms with Crippen LogP contribution in [0.3, 0.4) is 0 Å². The minimum Gasteiger partial charge on any atom is -0.353 e. The molecule has 0 spiro atoms. The van der Waals surface area contributed by atoms with Crippen LogP contribution in [-0.2, 0) is 4.79 Å². The van der Waals surface area contributed by atoms with Gasteiger partial charge in [-0.15, -0.1) is 12.4 Å². The first-order valence-electron chi connectivity index (χ1n) is 6.80. The standard InChI is InChI=1S/C13H24N2O.ClH/c1-2-10-3-5-12(6-4-10)15-13(16)11-7-8-14-9-11;/h10-12,14H,2-9H2,1H3,(H,15,16);1H. The minimum atomic E-state index is 0. The lowest BCUT2D eigenvalue weighted by Gasteiger charge is -2.29. The third kappa shape index (κ3) is 4.14. The molecule has 1 unspecified atom stereocenters. The topological polar surface area (TPSA) is 41.1 Å². The van der Waals surface area contributed by atoms with Gasteiger partial charge in [-0.25, -0.2) is 0 Å². The molecule has 0 aromatic carbocycles. The Morgan fingerprint density at radius 2 is 1.94 bits per heavy atom. The summed E-state index contributed by atoms with van der Waals surface area (Å²) < 4.78 is 0. The van der Waals surface area contributed by atoms with E-state index in [1.54, 1.807) is 0 Å². The first-order valence-corrected chi connectivity index (χ1v) is 6.80. The number of rotatable bonds is 3. The van der Waals surface area contributed by atoms with Crippen LogP contribution in [0.4, 0.5) is 0 Å². The fraction of sp³-hybridized carbons (Fsp3) is 0.923. The molecule has 2 fully saturated rings. The van der Waals surface area contributed by atoms with Gasteiger partial charge in [0.05, 0.1) is 5.92 Å². The maximum atomic E-state index is 11.9. The second-order valence-electron chi connectivity index (χ2n) is 5.32. The van der Waals surface area contributed by atoms with E-state index in [2.05, 4.69) is 17.6 Å². The predicted molar refractivity (Wildman–Crippen MR) is 72.4 cm³/mol. The maximum absolute atomic E-state index is 11.9. The Labute approximate surface area is 111 Å². The Kier molecular flexibility index (Phi) is 6.28. The van der Waals surface area contributed by atoms with Crippen LogP contribution >= 0.6 is 12.4 Å². The fourth-order valence-electron chi connectivity index (χ4n) is 2.91. The summed E-state index contributed by atoms with van der Waals surface area (Å²) in [5, 5.41) is 6.47. The Hall–Kier alpha value is -0.280. The van der Waals surface area contributed by atoms with Crippen LogP contribution in [0, 0.1) is 11.8 Å². The summed E-state index contributed by atoms with van der Waals surface area (Å²) in [7, 11) is 0. The van der Waals surface area contributed by atoms with Gasteiger partial charge in [0.2, 0.25) is 5.91 Å². The van der Waals surface area contributed by atoms with Gasteiger partial charge in [-0.1, -0.05) is 13.3 Å². The predicted octanol–water partition coefficient (Wildman–Crippen LogP) is 2.10. The maximum Gasteiger partial charge on any atom is 0.224 e. The average Bonchev–Trinajstić information content (AvgIpc) is 2.83. The monoisotopic (exact) mass is 260 g/mol. The summed E-state index contributed by atoms with van der Waals surface area (Å²) in [4.78, 5) is 11.9. The van der Waals surface area contributed by atoms with E-state index >= 15 is 0 Å². The van der Waals surface area contributed by atoms with Crippen LogP contribution < -0.4 is 10.6 Å². The third-order valence-corrected chi connectivity index (χ3v) is 4.20. The van der Waals surface area contributed by atoms with Crippen molar-refractivity contribution >= 4 is 18.3 Å². The second kappa shape index (κ2) is 7.22. The van der Waals surface area contributed by atoms with Crippen molar-refractivity contribution in [1.82, 2.24) is 10.6 Å². The molecule has 100 valence electrons. The van der Waals surface area contributed by atoms with Crippen molar-refractivity contribution in [3.8, 4) is 0 Å². The van der Waals surface area contributed by atoms with Crippen LogP contribution in [-0.4, -0.2) is 25.0 Å². The lowest BCUT2D eigenvalue weighted by Crippen LogP contribution is -2.41. The Balaban J connectivity index is 0.00000144. The summed E-state index contributed by atoms with van der Waals surface area (Å²) in [5.41, 5.74) is 0. The van der Waals surface area contributed by atoms with Gasteiger partial charge in [0.1, 0.15) is 0 Å². The Morgan fingerprint density at radius 1 is 1.24 bits per heavy atom. The average molecular weight is 261 g/mol. The fourth-order valence-corrected chi connectivity index (χ4v) is 2.91. The van der Waals surface area contributed by atoms with E-state index in [1.165, 1.54) is 32.1 Å². The van der Waals surface area contributed by atoms with Crippen molar-refractivity contribution in [3.63, 3.8) is 0 Å². The van der Waals surface area contributed by atoms with Gasteiger partial charge in [-0.3, -0.25) is 4.79 Å². The molecule has 2 rings (SSSR count). The summed E-state index contributed by atoms with van der Waals surface area (Å²) >= 11 is 0. The molecule has 1 aliphatic carbocycles. The quantitative estimate of drug-likeness (QED) is 0.816. The van der Waals surface area contributed by atoms with Gasteiger partial charge < -0.3 is 10.6 Å². The third-order valence-electron chi connectivity index (χ3n) is 4.20. The highest BCUT2D eigenvalue weighted by atomic mass is 35.5. The molecule has 1 saturated carbocycles. The number of nitrogens with one attached hydrogen (secondary N) is 2. The van der Waals surface area contributed by atoms with Crippen LogP contribution in [0.1, 0.15) is 45.4 Å². The highest BCUT2D eigenvalue weighted by Gasteiger charge is 2.26. The molecule has 0 aromatic heterocycles. The molecule has 2 aliphatic rings. The van der Waals surface area contributed by atoms with Crippen molar-refractivity contribution in [2.45, 2.75) is 51.5 Å². The van der Waals surface area contributed by atoms with Crippen molar-refractivity contribution in [1.29, 1.82) is 0 Å². The number of halogens is 1. The zero-order valence-corrected chi connectivity index (χ0v) is 11.5. The smallest absolute Gasteiger partial charge is 0.224 e. The van der Waals surface area contributed by atoms with Crippen LogP contribution in [0.25, 0.3) is 0 Å². The molecule has 1 atom stereocenters. The lowest BCUT2D eigenvalue weighted by atomic mass is 9.84.